The molecular formula is C25H30N4O2S2. The summed E-state index contributed by atoms with van der Waals surface area (Å²) in [6.07, 6.45) is 4.43. The second-order valence-corrected chi connectivity index (χ2v) is 11.2. The summed E-state index contributed by atoms with van der Waals surface area (Å²) < 4.78 is 0. The summed E-state index contributed by atoms with van der Waals surface area (Å²) in [5.41, 5.74) is 3.67. The van der Waals surface area contributed by atoms with E-state index in [0.29, 0.717) is 25.4 Å². The Hall–Kier alpha value is -2.16. The number of hydrogen-bond acceptors (Lipinski definition) is 6. The number of hydrogen-bond donors (Lipinski definition) is 1. The van der Waals surface area contributed by atoms with Crippen LogP contribution in [0.5, 0.6) is 0 Å². The van der Waals surface area contributed by atoms with Crippen LogP contribution in [0.15, 0.2) is 27.9 Å². The van der Waals surface area contributed by atoms with Gasteiger partial charge in [0.05, 0.1) is 17.7 Å². The average Bonchev–Trinajstić information content (AvgIpc) is 3.19. The number of thioether (sulfide) groups is 1. The Morgan fingerprint density at radius 1 is 1.15 bits per heavy atom. The molecule has 0 spiro atoms. The second-order valence-electron chi connectivity index (χ2n) is 9.12. The van der Waals surface area contributed by atoms with Crippen LogP contribution in [-0.4, -0.2) is 57.6 Å². The molecule has 2 aliphatic rings. The van der Waals surface area contributed by atoms with Crippen molar-refractivity contribution in [2.75, 3.05) is 31.9 Å². The minimum absolute atomic E-state index is 0.00619. The van der Waals surface area contributed by atoms with Crippen LogP contribution in [0.2, 0.25) is 0 Å². The zero-order chi connectivity index (χ0) is 22.9. The Kier molecular flexibility index (Phi) is 6.58. The number of amides is 1. The topological polar surface area (TPSA) is 69.3 Å². The molecule has 8 heteroatoms. The number of carbonyl (C=O) groups is 1. The van der Waals surface area contributed by atoms with E-state index in [2.05, 4.69) is 41.9 Å². The average molecular weight is 483 g/mol. The van der Waals surface area contributed by atoms with E-state index in [0.717, 1.165) is 48.4 Å². The molecule has 1 aromatic carbocycles. The molecular weight excluding hydrogens is 452 g/mol. The van der Waals surface area contributed by atoms with Gasteiger partial charge in [-0.25, -0.2) is 4.98 Å². The predicted octanol–water partition coefficient (Wildman–Crippen LogP) is 3.92. The lowest BCUT2D eigenvalue weighted by Gasteiger charge is -2.34. The minimum atomic E-state index is 0.00619. The van der Waals surface area contributed by atoms with Crippen molar-refractivity contribution in [3.05, 3.63) is 55.9 Å². The van der Waals surface area contributed by atoms with Crippen molar-refractivity contribution in [1.82, 2.24) is 19.8 Å². The number of aromatic amines is 1. The molecule has 1 aliphatic heterocycles. The Labute approximate surface area is 202 Å². The van der Waals surface area contributed by atoms with Crippen molar-refractivity contribution in [1.29, 1.82) is 0 Å². The van der Waals surface area contributed by atoms with E-state index >= 15 is 0 Å². The maximum absolute atomic E-state index is 12.8. The maximum Gasteiger partial charge on any atom is 0.259 e. The number of carbonyl (C=O) groups excluding carboxylic acids is 1. The summed E-state index contributed by atoms with van der Waals surface area (Å²) in [5, 5.41) is 0.815. The van der Waals surface area contributed by atoms with Gasteiger partial charge < -0.3 is 9.88 Å². The molecule has 1 saturated heterocycles. The zero-order valence-corrected chi connectivity index (χ0v) is 20.9. The molecule has 3 heterocycles. The van der Waals surface area contributed by atoms with Gasteiger partial charge in [0.25, 0.3) is 5.56 Å². The van der Waals surface area contributed by atoms with Gasteiger partial charge >= 0.3 is 0 Å². The fourth-order valence-corrected chi connectivity index (χ4v) is 7.05. The first-order valence-corrected chi connectivity index (χ1v) is 13.5. The summed E-state index contributed by atoms with van der Waals surface area (Å²) in [6, 6.07) is 6.37. The van der Waals surface area contributed by atoms with Crippen LogP contribution in [0.3, 0.4) is 0 Å². The lowest BCUT2D eigenvalue weighted by molar-refractivity contribution is -0.130. The zero-order valence-electron chi connectivity index (χ0n) is 19.3. The molecule has 1 N–H and O–H groups in total. The van der Waals surface area contributed by atoms with Crippen LogP contribution in [0.4, 0.5) is 0 Å². The number of benzene rings is 1. The number of aryl methyl sites for hydroxylation is 4. The van der Waals surface area contributed by atoms with Crippen LogP contribution in [0.1, 0.15) is 40.2 Å². The Balaban J connectivity index is 1.17. The number of H-pyrrole nitrogens is 1. The van der Waals surface area contributed by atoms with E-state index in [1.54, 1.807) is 23.1 Å². The molecule has 0 unspecified atom stereocenters. The van der Waals surface area contributed by atoms with Crippen molar-refractivity contribution in [3.8, 4) is 0 Å². The highest BCUT2D eigenvalue weighted by atomic mass is 32.2. The van der Waals surface area contributed by atoms with E-state index in [-0.39, 0.29) is 11.5 Å². The summed E-state index contributed by atoms with van der Waals surface area (Å²) >= 11 is 3.32. The summed E-state index contributed by atoms with van der Waals surface area (Å²) in [4.78, 5) is 41.0. The number of aromatic nitrogens is 2. The normalized spacial score (nSPS) is 16.8. The predicted molar refractivity (Wildman–Crippen MR) is 135 cm³/mol. The standard InChI is InChI=1S/C25H30N4O2S2/c1-16-7-8-17(2)20(13-16)32-15-22(30)29-11-9-28(10-12-29)14-21-26-24(31)23-18-5-3-4-6-19(18)33-25(23)27-21/h7-8,13H,3-6,9-12,14-15H2,1-2H3,(H,26,27,31). The molecule has 2 aromatic heterocycles. The Morgan fingerprint density at radius 3 is 2.76 bits per heavy atom. The van der Waals surface area contributed by atoms with Crippen molar-refractivity contribution < 1.29 is 4.79 Å². The molecule has 3 aromatic rings. The van der Waals surface area contributed by atoms with Crippen LogP contribution in [0.25, 0.3) is 10.2 Å². The molecule has 1 fully saturated rings. The molecule has 0 bridgehead atoms. The number of piperazine rings is 1. The van der Waals surface area contributed by atoms with Gasteiger partial charge in [0.2, 0.25) is 5.91 Å². The van der Waals surface area contributed by atoms with Gasteiger partial charge in [0, 0.05) is 36.0 Å². The van der Waals surface area contributed by atoms with E-state index in [1.807, 2.05) is 4.90 Å². The van der Waals surface area contributed by atoms with Crippen LogP contribution in [-0.2, 0) is 24.2 Å². The first kappa shape index (κ1) is 22.6. The Morgan fingerprint density at radius 2 is 1.94 bits per heavy atom. The van der Waals surface area contributed by atoms with E-state index in [1.165, 1.54) is 32.9 Å². The van der Waals surface area contributed by atoms with Gasteiger partial charge in [-0.3, -0.25) is 14.5 Å². The van der Waals surface area contributed by atoms with Gasteiger partial charge in [-0.15, -0.1) is 23.1 Å². The quantitative estimate of drug-likeness (QED) is 0.559. The first-order chi connectivity index (χ1) is 16.0. The third-order valence-electron chi connectivity index (χ3n) is 6.67. The Bertz CT molecular complexity index is 1240. The summed E-state index contributed by atoms with van der Waals surface area (Å²) in [6.45, 7) is 7.80. The fourth-order valence-electron chi connectivity index (χ4n) is 4.74. The van der Waals surface area contributed by atoms with E-state index in [4.69, 9.17) is 4.98 Å². The monoisotopic (exact) mass is 482 g/mol. The van der Waals surface area contributed by atoms with Gasteiger partial charge in [-0.2, -0.15) is 0 Å². The van der Waals surface area contributed by atoms with Crippen LogP contribution in [0, 0.1) is 13.8 Å². The highest BCUT2D eigenvalue weighted by molar-refractivity contribution is 8.00. The minimum Gasteiger partial charge on any atom is -0.339 e. The number of fused-ring (bicyclic) bond motifs is 3. The molecule has 1 amide bonds. The molecule has 0 saturated carbocycles. The fraction of sp³-hybridized carbons (Fsp3) is 0.480. The lowest BCUT2D eigenvalue weighted by Crippen LogP contribution is -2.49. The van der Waals surface area contributed by atoms with Gasteiger partial charge in [-0.05, 0) is 56.7 Å². The van der Waals surface area contributed by atoms with Gasteiger partial charge in [0.1, 0.15) is 10.7 Å². The van der Waals surface area contributed by atoms with E-state index in [9.17, 15) is 9.59 Å². The molecule has 5 rings (SSSR count). The lowest BCUT2D eigenvalue weighted by atomic mass is 9.97. The molecule has 0 atom stereocenters. The molecule has 6 nitrogen and oxygen atoms in total. The smallest absolute Gasteiger partial charge is 0.259 e. The van der Waals surface area contributed by atoms with Crippen LogP contribution < -0.4 is 5.56 Å². The van der Waals surface area contributed by atoms with E-state index < -0.39 is 0 Å². The van der Waals surface area contributed by atoms with Gasteiger partial charge in [0.15, 0.2) is 0 Å². The van der Waals surface area contributed by atoms with Crippen LogP contribution >= 0.6 is 23.1 Å². The van der Waals surface area contributed by atoms with Crippen molar-refractivity contribution in [2.24, 2.45) is 0 Å². The third-order valence-corrected chi connectivity index (χ3v) is 9.00. The number of nitrogens with zero attached hydrogens (tertiary/aromatic N) is 3. The van der Waals surface area contributed by atoms with Crippen molar-refractivity contribution in [2.45, 2.75) is 51.0 Å². The first-order valence-electron chi connectivity index (χ1n) is 11.7. The molecule has 174 valence electrons. The largest absolute Gasteiger partial charge is 0.339 e. The number of thiophene rings is 1. The van der Waals surface area contributed by atoms with Crippen molar-refractivity contribution in [3.63, 3.8) is 0 Å². The highest BCUT2D eigenvalue weighted by Crippen LogP contribution is 2.33. The summed E-state index contributed by atoms with van der Waals surface area (Å²) in [7, 11) is 0. The highest BCUT2D eigenvalue weighted by Gasteiger charge is 2.23. The third kappa shape index (κ3) is 4.88. The molecule has 33 heavy (non-hydrogen) atoms. The van der Waals surface area contributed by atoms with Gasteiger partial charge in [-0.1, -0.05) is 17.7 Å². The number of nitrogens with one attached hydrogen (secondary N) is 1. The molecule has 0 radical (unpaired) electrons. The molecule has 1 aliphatic carbocycles. The number of rotatable bonds is 5. The SMILES string of the molecule is Cc1ccc(C)c(SCC(=O)N2CCN(Cc3nc4sc5c(c4c(=O)[nH]3)CCCC5)CC2)c1. The van der Waals surface area contributed by atoms with Crippen molar-refractivity contribution >= 4 is 39.2 Å². The maximum atomic E-state index is 12.8. The summed E-state index contributed by atoms with van der Waals surface area (Å²) in [5.74, 6) is 1.40. The second kappa shape index (κ2) is 9.60.